The van der Waals surface area contributed by atoms with Crippen LogP contribution < -0.4 is 15.0 Å². The van der Waals surface area contributed by atoms with Crippen LogP contribution >= 0.6 is 0 Å². The van der Waals surface area contributed by atoms with E-state index in [1.165, 1.54) is 12.1 Å². The third kappa shape index (κ3) is 4.92. The lowest BCUT2D eigenvalue weighted by Crippen LogP contribution is -2.53. The number of carbonyl (C=O) groups is 1. The van der Waals surface area contributed by atoms with E-state index in [4.69, 9.17) is 14.5 Å². The van der Waals surface area contributed by atoms with Gasteiger partial charge in [-0.15, -0.1) is 0 Å². The van der Waals surface area contributed by atoms with Crippen LogP contribution in [0, 0.1) is 5.82 Å². The van der Waals surface area contributed by atoms with Gasteiger partial charge < -0.3 is 19.7 Å². The van der Waals surface area contributed by atoms with E-state index in [9.17, 15) is 9.18 Å². The highest BCUT2D eigenvalue weighted by Gasteiger charge is 2.31. The number of rotatable bonds is 5. The Hall–Kier alpha value is -3.30. The standard InChI is InChI=1S/C26H30FN5O3/c1-28-25(33)23-6-5-20(14-29-23)31-7-9-32(10-8-31)21-11-18(15-35-16-21)24-12-17-3-4-19(27)13-22(17)26(30-24)34-2/h3-6,12-14,18,21H,7-11,15-16H2,1-2H3,(H,28,33). The Bertz CT molecular complexity index is 1200. The number of halogens is 1. The van der Waals surface area contributed by atoms with Crippen molar-refractivity contribution in [1.29, 1.82) is 0 Å². The van der Waals surface area contributed by atoms with Crippen molar-refractivity contribution in [1.82, 2.24) is 20.2 Å². The van der Waals surface area contributed by atoms with E-state index in [2.05, 4.69) is 20.1 Å². The summed E-state index contributed by atoms with van der Waals surface area (Å²) >= 11 is 0. The average Bonchev–Trinajstić information content (AvgIpc) is 2.92. The molecule has 9 heteroatoms. The van der Waals surface area contributed by atoms with Gasteiger partial charge in [0.1, 0.15) is 11.5 Å². The number of ether oxygens (including phenoxy) is 2. The number of fused-ring (bicyclic) bond motifs is 1. The number of nitrogens with zero attached hydrogens (tertiary/aromatic N) is 4. The Kier molecular flexibility index (Phi) is 6.79. The lowest BCUT2D eigenvalue weighted by Gasteiger charge is -2.42. The second kappa shape index (κ2) is 10.1. The molecular formula is C26H30FN5O3. The van der Waals surface area contributed by atoms with Gasteiger partial charge in [0.05, 0.1) is 37.9 Å². The van der Waals surface area contributed by atoms with E-state index in [0.717, 1.165) is 49.4 Å². The van der Waals surface area contributed by atoms with Gasteiger partial charge in [-0.05, 0) is 42.1 Å². The van der Waals surface area contributed by atoms with Crippen LogP contribution in [0.15, 0.2) is 42.6 Å². The number of aromatic nitrogens is 2. The Morgan fingerprint density at radius 3 is 2.69 bits per heavy atom. The number of nitrogens with one attached hydrogen (secondary N) is 1. The SMILES string of the molecule is CNC(=O)c1ccc(N2CCN(C3COCC(c4cc5ccc(F)cc5c(OC)n4)C3)CC2)cn1. The number of carbonyl (C=O) groups excluding carboxylic acids is 1. The summed E-state index contributed by atoms with van der Waals surface area (Å²) in [6.45, 7) is 4.93. The minimum Gasteiger partial charge on any atom is -0.481 e. The molecule has 0 spiro atoms. The first-order valence-electron chi connectivity index (χ1n) is 11.9. The number of piperazine rings is 1. The van der Waals surface area contributed by atoms with E-state index < -0.39 is 0 Å². The molecule has 2 saturated heterocycles. The topological polar surface area (TPSA) is 79.8 Å². The van der Waals surface area contributed by atoms with E-state index in [1.807, 2.05) is 12.1 Å². The molecule has 35 heavy (non-hydrogen) atoms. The van der Waals surface area contributed by atoms with E-state index in [1.54, 1.807) is 32.5 Å². The second-order valence-electron chi connectivity index (χ2n) is 9.05. The fourth-order valence-corrected chi connectivity index (χ4v) is 5.03. The van der Waals surface area contributed by atoms with Crippen molar-refractivity contribution in [3.8, 4) is 5.88 Å². The maximum absolute atomic E-state index is 13.7. The maximum Gasteiger partial charge on any atom is 0.269 e. The second-order valence-corrected chi connectivity index (χ2v) is 9.05. The molecule has 2 aromatic heterocycles. The predicted octanol–water partition coefficient (Wildman–Crippen LogP) is 2.83. The molecule has 0 aliphatic carbocycles. The van der Waals surface area contributed by atoms with Crippen LogP contribution in [0.5, 0.6) is 5.88 Å². The van der Waals surface area contributed by atoms with Crippen LogP contribution in [0.25, 0.3) is 10.8 Å². The molecule has 2 fully saturated rings. The first kappa shape index (κ1) is 23.4. The fraction of sp³-hybridized carbons (Fsp3) is 0.423. The summed E-state index contributed by atoms with van der Waals surface area (Å²) in [6, 6.07) is 10.8. The number of pyridine rings is 2. The van der Waals surface area contributed by atoms with Gasteiger partial charge in [0, 0.05) is 50.6 Å². The van der Waals surface area contributed by atoms with Gasteiger partial charge in [-0.3, -0.25) is 9.69 Å². The Labute approximate surface area is 204 Å². The van der Waals surface area contributed by atoms with Crippen molar-refractivity contribution < 1.29 is 18.7 Å². The summed E-state index contributed by atoms with van der Waals surface area (Å²) in [4.78, 5) is 25.5. The number of amides is 1. The predicted molar refractivity (Wildman–Crippen MR) is 132 cm³/mol. The van der Waals surface area contributed by atoms with Gasteiger partial charge in [0.2, 0.25) is 5.88 Å². The van der Waals surface area contributed by atoms with Crippen LogP contribution in [-0.4, -0.2) is 80.4 Å². The zero-order valence-corrected chi connectivity index (χ0v) is 20.0. The third-order valence-electron chi connectivity index (χ3n) is 6.98. The molecule has 5 rings (SSSR count). The van der Waals surface area contributed by atoms with Crippen molar-refractivity contribution >= 4 is 22.4 Å². The number of benzene rings is 1. The monoisotopic (exact) mass is 479 g/mol. The van der Waals surface area contributed by atoms with Gasteiger partial charge in [0.15, 0.2) is 0 Å². The molecule has 0 radical (unpaired) electrons. The van der Waals surface area contributed by atoms with Crippen molar-refractivity contribution in [3.05, 3.63) is 59.8 Å². The molecule has 2 unspecified atom stereocenters. The van der Waals surface area contributed by atoms with Crippen molar-refractivity contribution in [2.45, 2.75) is 18.4 Å². The number of anilines is 1. The zero-order valence-electron chi connectivity index (χ0n) is 20.0. The van der Waals surface area contributed by atoms with Crippen LogP contribution in [0.4, 0.5) is 10.1 Å². The van der Waals surface area contributed by atoms with Crippen molar-refractivity contribution in [2.24, 2.45) is 0 Å². The molecule has 0 saturated carbocycles. The fourth-order valence-electron chi connectivity index (χ4n) is 5.03. The molecule has 0 bridgehead atoms. The minimum atomic E-state index is -0.302. The average molecular weight is 480 g/mol. The maximum atomic E-state index is 13.7. The molecule has 2 atom stereocenters. The highest BCUT2D eigenvalue weighted by atomic mass is 19.1. The van der Waals surface area contributed by atoms with Gasteiger partial charge >= 0.3 is 0 Å². The molecule has 184 valence electrons. The Balaban J connectivity index is 1.24. The molecule has 4 heterocycles. The first-order chi connectivity index (χ1) is 17.1. The first-order valence-corrected chi connectivity index (χ1v) is 11.9. The van der Waals surface area contributed by atoms with Crippen LogP contribution in [0.1, 0.15) is 28.5 Å². The van der Waals surface area contributed by atoms with E-state index >= 15 is 0 Å². The van der Waals surface area contributed by atoms with Gasteiger partial charge in [-0.2, -0.15) is 0 Å². The van der Waals surface area contributed by atoms with Gasteiger partial charge in [-0.1, -0.05) is 6.07 Å². The quantitative estimate of drug-likeness (QED) is 0.603. The lowest BCUT2D eigenvalue weighted by atomic mass is 9.92. The summed E-state index contributed by atoms with van der Waals surface area (Å²) in [5, 5.41) is 4.19. The summed E-state index contributed by atoms with van der Waals surface area (Å²) in [7, 11) is 3.17. The molecule has 2 aliphatic heterocycles. The third-order valence-corrected chi connectivity index (χ3v) is 6.98. The van der Waals surface area contributed by atoms with Crippen molar-refractivity contribution in [2.75, 3.05) is 58.5 Å². The van der Waals surface area contributed by atoms with Gasteiger partial charge in [0.25, 0.3) is 5.91 Å². The van der Waals surface area contributed by atoms with Crippen LogP contribution in [0.3, 0.4) is 0 Å². The molecule has 2 aliphatic rings. The summed E-state index contributed by atoms with van der Waals surface area (Å²) in [6.07, 6.45) is 2.72. The summed E-state index contributed by atoms with van der Waals surface area (Å²) in [5.74, 6) is 0.114. The van der Waals surface area contributed by atoms with Crippen LogP contribution in [0.2, 0.25) is 0 Å². The smallest absolute Gasteiger partial charge is 0.269 e. The van der Waals surface area contributed by atoms with Crippen molar-refractivity contribution in [3.63, 3.8) is 0 Å². The molecule has 1 N–H and O–H groups in total. The molecule has 1 amide bonds. The molecular weight excluding hydrogens is 449 g/mol. The Morgan fingerprint density at radius 1 is 1.14 bits per heavy atom. The molecule has 3 aromatic rings. The highest BCUT2D eigenvalue weighted by molar-refractivity contribution is 5.92. The van der Waals surface area contributed by atoms with Gasteiger partial charge in [-0.25, -0.2) is 14.4 Å². The molecule has 1 aromatic carbocycles. The normalized spacial score (nSPS) is 21.2. The van der Waals surface area contributed by atoms with Crippen LogP contribution in [-0.2, 0) is 4.74 Å². The number of hydrogen-bond acceptors (Lipinski definition) is 7. The highest BCUT2D eigenvalue weighted by Crippen LogP contribution is 2.33. The summed E-state index contributed by atoms with van der Waals surface area (Å²) < 4.78 is 25.2. The zero-order chi connectivity index (χ0) is 24.4. The summed E-state index contributed by atoms with van der Waals surface area (Å²) in [5.41, 5.74) is 2.37. The van der Waals surface area contributed by atoms with E-state index in [-0.39, 0.29) is 17.6 Å². The molecule has 8 nitrogen and oxygen atoms in total. The largest absolute Gasteiger partial charge is 0.481 e. The minimum absolute atomic E-state index is 0.150. The van der Waals surface area contributed by atoms with E-state index in [0.29, 0.717) is 36.2 Å². The number of methoxy groups -OCH3 is 1. The number of hydrogen-bond donors (Lipinski definition) is 1. The Morgan fingerprint density at radius 2 is 1.97 bits per heavy atom. The lowest BCUT2D eigenvalue weighted by molar-refractivity contribution is 0.00290.